The predicted octanol–water partition coefficient (Wildman–Crippen LogP) is 2.12. The van der Waals surface area contributed by atoms with E-state index < -0.39 is 0 Å². The molecule has 0 aromatic carbocycles. The van der Waals surface area contributed by atoms with Crippen molar-refractivity contribution in [1.29, 1.82) is 0 Å². The minimum atomic E-state index is 0.848. The first-order valence-electron chi connectivity index (χ1n) is 4.02. The number of rotatable bonds is 4. The van der Waals surface area contributed by atoms with Gasteiger partial charge in [0.15, 0.2) is 0 Å². The highest BCUT2D eigenvalue weighted by Gasteiger charge is 1.90. The quantitative estimate of drug-likeness (QED) is 0.602. The van der Waals surface area contributed by atoms with Crippen molar-refractivity contribution in [3.05, 3.63) is 24.4 Å². The van der Waals surface area contributed by atoms with E-state index in [4.69, 9.17) is 0 Å². The highest BCUT2D eigenvalue weighted by molar-refractivity contribution is 5.23. The van der Waals surface area contributed by atoms with Gasteiger partial charge < -0.3 is 0 Å². The normalized spacial score (nSPS) is 9.55. The zero-order chi connectivity index (χ0) is 7.94. The van der Waals surface area contributed by atoms with Gasteiger partial charge in [0.25, 0.3) is 0 Å². The molecule has 11 heavy (non-hydrogen) atoms. The van der Waals surface area contributed by atoms with Crippen LogP contribution in [0.3, 0.4) is 0 Å². The van der Waals surface area contributed by atoms with Gasteiger partial charge in [0, 0.05) is 12.7 Å². The van der Waals surface area contributed by atoms with Crippen LogP contribution in [-0.2, 0) is 0 Å². The molecule has 0 amide bonds. The molecular weight excluding hydrogens is 136 g/mol. The Kier molecular flexibility index (Phi) is 3.45. The molecule has 0 aliphatic carbocycles. The lowest BCUT2D eigenvalue weighted by molar-refractivity contribution is 0.723. The molecule has 0 unspecified atom stereocenters. The Morgan fingerprint density at radius 1 is 1.45 bits per heavy atom. The topological polar surface area (TPSA) is 27.0 Å². The number of hydrogen-bond donors (Lipinski definition) is 0. The molecule has 1 heterocycles. The van der Waals surface area contributed by atoms with Crippen LogP contribution in [0.2, 0.25) is 0 Å². The van der Waals surface area contributed by atoms with E-state index in [9.17, 15) is 0 Å². The zero-order valence-corrected chi connectivity index (χ0v) is 6.83. The maximum absolute atomic E-state index is 4.28. The van der Waals surface area contributed by atoms with E-state index in [1.54, 1.807) is 6.20 Å². The van der Waals surface area contributed by atoms with Gasteiger partial charge in [-0.05, 0) is 18.6 Å². The third-order valence-electron chi connectivity index (χ3n) is 1.43. The summed E-state index contributed by atoms with van der Waals surface area (Å²) in [6, 6.07) is 5.78. The SMILES string of the molecule is CCCC[N]c1ccccn1. The van der Waals surface area contributed by atoms with Crippen molar-refractivity contribution in [1.82, 2.24) is 10.3 Å². The van der Waals surface area contributed by atoms with Gasteiger partial charge >= 0.3 is 0 Å². The molecular formula is C9H13N2. The van der Waals surface area contributed by atoms with Crippen molar-refractivity contribution in [3.8, 4) is 0 Å². The third kappa shape index (κ3) is 3.03. The summed E-state index contributed by atoms with van der Waals surface area (Å²) in [7, 11) is 0. The Balaban J connectivity index is 2.28. The molecule has 1 rings (SSSR count). The molecule has 1 radical (unpaired) electrons. The molecule has 1 aromatic heterocycles. The molecule has 0 atom stereocenters. The fourth-order valence-corrected chi connectivity index (χ4v) is 0.799. The van der Waals surface area contributed by atoms with Crippen molar-refractivity contribution in [2.45, 2.75) is 19.8 Å². The van der Waals surface area contributed by atoms with Gasteiger partial charge in [-0.25, -0.2) is 4.98 Å². The highest BCUT2D eigenvalue weighted by Crippen LogP contribution is 1.99. The Morgan fingerprint density at radius 2 is 2.36 bits per heavy atom. The van der Waals surface area contributed by atoms with Gasteiger partial charge in [-0.2, -0.15) is 0 Å². The molecule has 0 bridgehead atoms. The van der Waals surface area contributed by atoms with Crippen molar-refractivity contribution >= 4 is 5.82 Å². The van der Waals surface area contributed by atoms with Crippen molar-refractivity contribution in [2.75, 3.05) is 6.54 Å². The van der Waals surface area contributed by atoms with E-state index in [2.05, 4.69) is 17.2 Å². The lowest BCUT2D eigenvalue weighted by atomic mass is 10.3. The summed E-state index contributed by atoms with van der Waals surface area (Å²) >= 11 is 0. The largest absolute Gasteiger partial charge is 0.267 e. The van der Waals surface area contributed by atoms with Gasteiger partial charge in [-0.3, -0.25) is 5.32 Å². The van der Waals surface area contributed by atoms with E-state index in [0.29, 0.717) is 0 Å². The number of hydrogen-bond acceptors (Lipinski definition) is 1. The highest BCUT2D eigenvalue weighted by atomic mass is 15.0. The molecule has 1 aromatic rings. The van der Waals surface area contributed by atoms with E-state index in [0.717, 1.165) is 18.8 Å². The van der Waals surface area contributed by atoms with Gasteiger partial charge in [0.1, 0.15) is 5.82 Å². The van der Waals surface area contributed by atoms with Crippen LogP contribution in [-0.4, -0.2) is 11.5 Å². The summed E-state index contributed by atoms with van der Waals surface area (Å²) < 4.78 is 0. The number of pyridine rings is 1. The van der Waals surface area contributed by atoms with Crippen molar-refractivity contribution in [2.24, 2.45) is 0 Å². The zero-order valence-electron chi connectivity index (χ0n) is 6.83. The summed E-state index contributed by atoms with van der Waals surface area (Å²) in [6.45, 7) is 3.06. The minimum Gasteiger partial charge on any atom is -0.267 e. The Morgan fingerprint density at radius 3 is 3.00 bits per heavy atom. The Labute approximate surface area is 67.7 Å². The molecule has 0 spiro atoms. The van der Waals surface area contributed by atoms with Crippen LogP contribution in [0.5, 0.6) is 0 Å². The first-order valence-corrected chi connectivity index (χ1v) is 4.02. The predicted molar refractivity (Wildman–Crippen MR) is 45.8 cm³/mol. The Hall–Kier alpha value is -1.05. The second-order valence-corrected chi connectivity index (χ2v) is 2.42. The lowest BCUT2D eigenvalue weighted by Crippen LogP contribution is -2.00. The standard InChI is InChI=1S/C9H13N2/c1-2-3-7-10-9-6-4-5-8-11-9/h4-6,8H,2-3,7H2,1H3. The second-order valence-electron chi connectivity index (χ2n) is 2.42. The van der Waals surface area contributed by atoms with Crippen molar-refractivity contribution < 1.29 is 0 Å². The smallest absolute Gasteiger partial charge is 0.147 e. The molecule has 2 heteroatoms. The fourth-order valence-electron chi connectivity index (χ4n) is 0.799. The maximum Gasteiger partial charge on any atom is 0.147 e. The van der Waals surface area contributed by atoms with Gasteiger partial charge in [0.05, 0.1) is 0 Å². The van der Waals surface area contributed by atoms with Crippen LogP contribution < -0.4 is 5.32 Å². The average molecular weight is 149 g/mol. The third-order valence-corrected chi connectivity index (χ3v) is 1.43. The first-order chi connectivity index (χ1) is 5.43. The van der Waals surface area contributed by atoms with E-state index in [-0.39, 0.29) is 0 Å². The van der Waals surface area contributed by atoms with E-state index in [1.807, 2.05) is 18.2 Å². The van der Waals surface area contributed by atoms with Crippen LogP contribution in [0.15, 0.2) is 24.4 Å². The molecule has 0 aliphatic heterocycles. The molecule has 2 nitrogen and oxygen atoms in total. The second kappa shape index (κ2) is 4.72. The van der Waals surface area contributed by atoms with Gasteiger partial charge in [-0.15, -0.1) is 0 Å². The van der Waals surface area contributed by atoms with Gasteiger partial charge in [-0.1, -0.05) is 19.4 Å². The van der Waals surface area contributed by atoms with Crippen LogP contribution in [0.1, 0.15) is 19.8 Å². The molecule has 0 saturated heterocycles. The van der Waals surface area contributed by atoms with Crippen LogP contribution in [0.4, 0.5) is 5.82 Å². The van der Waals surface area contributed by atoms with Gasteiger partial charge in [0.2, 0.25) is 0 Å². The average Bonchev–Trinajstić information content (AvgIpc) is 2.07. The molecule has 0 N–H and O–H groups in total. The van der Waals surface area contributed by atoms with E-state index >= 15 is 0 Å². The molecule has 0 aliphatic rings. The maximum atomic E-state index is 4.28. The number of aromatic nitrogens is 1. The lowest BCUT2D eigenvalue weighted by Gasteiger charge is -1.98. The summed E-state index contributed by atoms with van der Waals surface area (Å²) in [5, 5.41) is 4.28. The summed E-state index contributed by atoms with van der Waals surface area (Å²) in [4.78, 5) is 4.08. The summed E-state index contributed by atoms with van der Waals surface area (Å²) in [5.74, 6) is 0.848. The number of unbranched alkanes of at least 4 members (excludes halogenated alkanes) is 1. The van der Waals surface area contributed by atoms with Crippen molar-refractivity contribution in [3.63, 3.8) is 0 Å². The monoisotopic (exact) mass is 149 g/mol. The van der Waals surface area contributed by atoms with Crippen LogP contribution >= 0.6 is 0 Å². The molecule has 0 fully saturated rings. The molecule has 0 saturated carbocycles. The van der Waals surface area contributed by atoms with Crippen LogP contribution in [0, 0.1) is 0 Å². The summed E-state index contributed by atoms with van der Waals surface area (Å²) in [6.07, 6.45) is 4.11. The number of nitrogens with zero attached hydrogens (tertiary/aromatic N) is 2. The fraction of sp³-hybridized carbons (Fsp3) is 0.444. The molecule has 59 valence electrons. The Bertz CT molecular complexity index is 184. The first kappa shape index (κ1) is 8.05. The van der Waals surface area contributed by atoms with E-state index in [1.165, 1.54) is 6.42 Å². The minimum absolute atomic E-state index is 0.848. The summed E-state index contributed by atoms with van der Waals surface area (Å²) in [5.41, 5.74) is 0. The van der Waals surface area contributed by atoms with Crippen LogP contribution in [0.25, 0.3) is 0 Å².